The van der Waals surface area contributed by atoms with Gasteiger partial charge in [-0.15, -0.1) is 0 Å². The van der Waals surface area contributed by atoms with Crippen LogP contribution in [0.2, 0.25) is 0 Å². The lowest BCUT2D eigenvalue weighted by Crippen LogP contribution is -2.34. The number of allylic oxidation sites excluding steroid dienone is 1. The summed E-state index contributed by atoms with van der Waals surface area (Å²) >= 11 is 0. The SMILES string of the molecule is C[C@@H]1CCC2=CCCC[C@@H]2[C@@H]1O. The summed E-state index contributed by atoms with van der Waals surface area (Å²) in [4.78, 5) is 0. The lowest BCUT2D eigenvalue weighted by Gasteiger charge is -2.37. The first kappa shape index (κ1) is 8.31. The number of hydrogen-bond acceptors (Lipinski definition) is 1. The Labute approximate surface area is 74.5 Å². The fourth-order valence-corrected chi connectivity index (χ4v) is 2.60. The Kier molecular flexibility index (Phi) is 2.22. The molecular formula is C11H18O. The van der Waals surface area contributed by atoms with Crippen molar-refractivity contribution in [2.75, 3.05) is 0 Å². The summed E-state index contributed by atoms with van der Waals surface area (Å²) in [6.07, 6.45) is 8.48. The molecule has 1 N–H and O–H groups in total. The number of hydrogen-bond donors (Lipinski definition) is 1. The Morgan fingerprint density at radius 1 is 1.42 bits per heavy atom. The molecule has 0 aromatic carbocycles. The molecule has 0 aliphatic heterocycles. The number of rotatable bonds is 0. The van der Waals surface area contributed by atoms with Crippen molar-refractivity contribution in [3.8, 4) is 0 Å². The molecule has 0 unspecified atom stereocenters. The summed E-state index contributed by atoms with van der Waals surface area (Å²) < 4.78 is 0. The molecule has 0 saturated heterocycles. The molecule has 68 valence electrons. The highest BCUT2D eigenvalue weighted by Crippen LogP contribution is 2.39. The van der Waals surface area contributed by atoms with Crippen molar-refractivity contribution in [2.45, 2.75) is 45.1 Å². The summed E-state index contributed by atoms with van der Waals surface area (Å²) in [5.74, 6) is 1.03. The Morgan fingerprint density at radius 3 is 3.08 bits per heavy atom. The van der Waals surface area contributed by atoms with Crippen molar-refractivity contribution in [2.24, 2.45) is 11.8 Å². The van der Waals surface area contributed by atoms with Crippen molar-refractivity contribution in [3.63, 3.8) is 0 Å². The van der Waals surface area contributed by atoms with Crippen LogP contribution in [0, 0.1) is 11.8 Å². The van der Waals surface area contributed by atoms with Crippen LogP contribution >= 0.6 is 0 Å². The molecule has 1 fully saturated rings. The minimum Gasteiger partial charge on any atom is -0.392 e. The summed E-state index contributed by atoms with van der Waals surface area (Å²) in [5.41, 5.74) is 1.55. The van der Waals surface area contributed by atoms with Gasteiger partial charge in [-0.25, -0.2) is 0 Å². The summed E-state index contributed by atoms with van der Waals surface area (Å²) in [6.45, 7) is 2.18. The van der Waals surface area contributed by atoms with Crippen LogP contribution in [0.1, 0.15) is 39.0 Å². The van der Waals surface area contributed by atoms with E-state index in [2.05, 4.69) is 13.0 Å². The molecule has 0 amide bonds. The van der Waals surface area contributed by atoms with E-state index >= 15 is 0 Å². The van der Waals surface area contributed by atoms with Crippen LogP contribution in [0.5, 0.6) is 0 Å². The molecule has 12 heavy (non-hydrogen) atoms. The van der Waals surface area contributed by atoms with Crippen LogP contribution in [-0.4, -0.2) is 11.2 Å². The molecule has 2 aliphatic carbocycles. The second-order valence-electron chi connectivity index (χ2n) is 4.32. The predicted octanol–water partition coefficient (Wildman–Crippen LogP) is 2.50. The molecule has 1 nitrogen and oxygen atoms in total. The van der Waals surface area contributed by atoms with E-state index in [0.717, 1.165) is 0 Å². The lowest BCUT2D eigenvalue weighted by molar-refractivity contribution is 0.0444. The maximum absolute atomic E-state index is 9.93. The van der Waals surface area contributed by atoms with Crippen molar-refractivity contribution >= 4 is 0 Å². The molecule has 2 rings (SSSR count). The molecular weight excluding hydrogens is 148 g/mol. The number of aliphatic hydroxyl groups excluding tert-OH is 1. The highest BCUT2D eigenvalue weighted by molar-refractivity contribution is 5.15. The van der Waals surface area contributed by atoms with Gasteiger partial charge in [-0.05, 0) is 38.0 Å². The molecule has 1 saturated carbocycles. The van der Waals surface area contributed by atoms with E-state index in [1.807, 2.05) is 0 Å². The maximum atomic E-state index is 9.93. The summed E-state index contributed by atoms with van der Waals surface area (Å²) in [5, 5.41) is 9.93. The second kappa shape index (κ2) is 3.21. The maximum Gasteiger partial charge on any atom is 0.0631 e. The lowest BCUT2D eigenvalue weighted by atomic mass is 9.72. The first-order chi connectivity index (χ1) is 5.79. The third kappa shape index (κ3) is 1.31. The highest BCUT2D eigenvalue weighted by atomic mass is 16.3. The van der Waals surface area contributed by atoms with Gasteiger partial charge in [-0.3, -0.25) is 0 Å². The van der Waals surface area contributed by atoms with E-state index < -0.39 is 0 Å². The van der Waals surface area contributed by atoms with Crippen LogP contribution in [0.3, 0.4) is 0 Å². The topological polar surface area (TPSA) is 20.2 Å². The van der Waals surface area contributed by atoms with Crippen LogP contribution < -0.4 is 0 Å². The monoisotopic (exact) mass is 166 g/mol. The van der Waals surface area contributed by atoms with Gasteiger partial charge in [-0.1, -0.05) is 18.6 Å². The van der Waals surface area contributed by atoms with Gasteiger partial charge in [0.15, 0.2) is 0 Å². The van der Waals surface area contributed by atoms with E-state index in [1.165, 1.54) is 32.1 Å². The Bertz CT molecular complexity index is 195. The molecule has 2 aliphatic rings. The fourth-order valence-electron chi connectivity index (χ4n) is 2.60. The zero-order valence-electron chi connectivity index (χ0n) is 7.79. The van der Waals surface area contributed by atoms with Gasteiger partial charge in [0.1, 0.15) is 0 Å². The normalized spacial score (nSPS) is 41.8. The Balaban J connectivity index is 2.15. The van der Waals surface area contributed by atoms with Crippen LogP contribution in [0.25, 0.3) is 0 Å². The minimum atomic E-state index is -0.0506. The average molecular weight is 166 g/mol. The zero-order chi connectivity index (χ0) is 8.55. The molecule has 0 aromatic heterocycles. The fraction of sp³-hybridized carbons (Fsp3) is 0.818. The average Bonchev–Trinajstić information content (AvgIpc) is 2.12. The van der Waals surface area contributed by atoms with Gasteiger partial charge in [0, 0.05) is 5.92 Å². The van der Waals surface area contributed by atoms with Gasteiger partial charge in [0.2, 0.25) is 0 Å². The van der Waals surface area contributed by atoms with Crippen LogP contribution in [0.4, 0.5) is 0 Å². The van der Waals surface area contributed by atoms with Gasteiger partial charge in [0.25, 0.3) is 0 Å². The number of fused-ring (bicyclic) bond motifs is 1. The third-order valence-corrected chi connectivity index (χ3v) is 3.49. The smallest absolute Gasteiger partial charge is 0.0631 e. The van der Waals surface area contributed by atoms with E-state index in [-0.39, 0.29) is 6.10 Å². The third-order valence-electron chi connectivity index (χ3n) is 3.49. The standard InChI is InChI=1S/C11H18O/c1-8-6-7-9-4-2-3-5-10(9)11(8)12/h4,8,10-12H,2-3,5-7H2,1H3/t8-,10+,11-/m1/s1. The van der Waals surface area contributed by atoms with Gasteiger partial charge < -0.3 is 5.11 Å². The first-order valence-corrected chi connectivity index (χ1v) is 5.16. The molecule has 0 aromatic rings. The minimum absolute atomic E-state index is 0.0506. The summed E-state index contributed by atoms with van der Waals surface area (Å²) in [7, 11) is 0. The van der Waals surface area contributed by atoms with Crippen molar-refractivity contribution in [1.82, 2.24) is 0 Å². The summed E-state index contributed by atoms with van der Waals surface area (Å²) in [6, 6.07) is 0. The van der Waals surface area contributed by atoms with Crippen molar-refractivity contribution in [3.05, 3.63) is 11.6 Å². The zero-order valence-corrected chi connectivity index (χ0v) is 7.79. The quantitative estimate of drug-likeness (QED) is 0.548. The van der Waals surface area contributed by atoms with Gasteiger partial charge in [-0.2, -0.15) is 0 Å². The van der Waals surface area contributed by atoms with E-state index in [1.54, 1.807) is 5.57 Å². The number of aliphatic hydroxyl groups is 1. The van der Waals surface area contributed by atoms with Gasteiger partial charge >= 0.3 is 0 Å². The molecule has 0 heterocycles. The van der Waals surface area contributed by atoms with Crippen molar-refractivity contribution < 1.29 is 5.11 Å². The Morgan fingerprint density at radius 2 is 2.25 bits per heavy atom. The second-order valence-corrected chi connectivity index (χ2v) is 4.32. The van der Waals surface area contributed by atoms with Crippen LogP contribution in [-0.2, 0) is 0 Å². The largest absolute Gasteiger partial charge is 0.392 e. The molecule has 1 heteroatoms. The van der Waals surface area contributed by atoms with E-state index in [9.17, 15) is 5.11 Å². The predicted molar refractivity (Wildman–Crippen MR) is 49.8 cm³/mol. The molecule has 3 atom stereocenters. The molecule has 0 spiro atoms. The molecule has 0 bridgehead atoms. The first-order valence-electron chi connectivity index (χ1n) is 5.16. The molecule has 0 radical (unpaired) electrons. The van der Waals surface area contributed by atoms with Gasteiger partial charge in [0.05, 0.1) is 6.10 Å². The van der Waals surface area contributed by atoms with E-state index in [4.69, 9.17) is 0 Å². The highest BCUT2D eigenvalue weighted by Gasteiger charge is 2.32. The van der Waals surface area contributed by atoms with E-state index in [0.29, 0.717) is 11.8 Å². The Hall–Kier alpha value is -0.300. The van der Waals surface area contributed by atoms with Crippen LogP contribution in [0.15, 0.2) is 11.6 Å². The van der Waals surface area contributed by atoms with Crippen molar-refractivity contribution in [1.29, 1.82) is 0 Å².